The second-order valence-electron chi connectivity index (χ2n) is 6.53. The van der Waals surface area contributed by atoms with E-state index in [1.54, 1.807) is 37.3 Å². The molecule has 1 unspecified atom stereocenters. The number of ether oxygens (including phenoxy) is 1. The molecule has 27 heavy (non-hydrogen) atoms. The SMILES string of the molecule is CC1(C(=O)Nc2ccc(-c3ccccc3F)nn2)OCCc2ccccc21. The summed E-state index contributed by atoms with van der Waals surface area (Å²) in [4.78, 5) is 12.9. The van der Waals surface area contributed by atoms with Gasteiger partial charge in [-0.15, -0.1) is 10.2 Å². The number of nitrogens with zero attached hydrogens (tertiary/aromatic N) is 2. The van der Waals surface area contributed by atoms with Crippen molar-refractivity contribution >= 4 is 11.7 Å². The van der Waals surface area contributed by atoms with E-state index in [1.807, 2.05) is 24.3 Å². The molecule has 5 nitrogen and oxygen atoms in total. The van der Waals surface area contributed by atoms with E-state index in [-0.39, 0.29) is 17.5 Å². The number of carbonyl (C=O) groups is 1. The van der Waals surface area contributed by atoms with Gasteiger partial charge < -0.3 is 10.1 Å². The summed E-state index contributed by atoms with van der Waals surface area (Å²) in [5.74, 6) is -0.404. The minimum absolute atomic E-state index is 0.285. The van der Waals surface area contributed by atoms with Crippen molar-refractivity contribution in [1.29, 1.82) is 0 Å². The minimum atomic E-state index is -1.10. The predicted octanol–water partition coefficient (Wildman–Crippen LogP) is 3.71. The summed E-state index contributed by atoms with van der Waals surface area (Å²) >= 11 is 0. The maximum Gasteiger partial charge on any atom is 0.262 e. The highest BCUT2D eigenvalue weighted by Gasteiger charge is 2.40. The largest absolute Gasteiger partial charge is 0.360 e. The normalized spacial score (nSPS) is 18.6. The average Bonchev–Trinajstić information content (AvgIpc) is 2.69. The van der Waals surface area contributed by atoms with Crippen LogP contribution in [0, 0.1) is 5.82 Å². The van der Waals surface area contributed by atoms with Crippen LogP contribution in [0.5, 0.6) is 0 Å². The Hall–Kier alpha value is -3.12. The Balaban J connectivity index is 1.56. The van der Waals surface area contributed by atoms with Crippen LogP contribution in [0.1, 0.15) is 18.1 Å². The highest BCUT2D eigenvalue weighted by atomic mass is 19.1. The van der Waals surface area contributed by atoms with Gasteiger partial charge >= 0.3 is 0 Å². The lowest BCUT2D eigenvalue weighted by Crippen LogP contribution is -2.43. The van der Waals surface area contributed by atoms with Crippen LogP contribution >= 0.6 is 0 Å². The van der Waals surface area contributed by atoms with Crippen molar-refractivity contribution in [2.75, 3.05) is 11.9 Å². The fourth-order valence-corrected chi connectivity index (χ4v) is 3.28. The molecular formula is C21H18FN3O2. The van der Waals surface area contributed by atoms with Crippen LogP contribution in [-0.4, -0.2) is 22.7 Å². The fraction of sp³-hybridized carbons (Fsp3) is 0.190. The first-order valence-corrected chi connectivity index (χ1v) is 8.70. The average molecular weight is 363 g/mol. The molecule has 0 saturated heterocycles. The number of amides is 1. The first-order valence-electron chi connectivity index (χ1n) is 8.70. The van der Waals surface area contributed by atoms with Gasteiger partial charge in [-0.2, -0.15) is 0 Å². The van der Waals surface area contributed by atoms with Crippen molar-refractivity contribution in [1.82, 2.24) is 10.2 Å². The highest BCUT2D eigenvalue weighted by molar-refractivity contribution is 5.97. The van der Waals surface area contributed by atoms with Crippen molar-refractivity contribution in [3.8, 4) is 11.3 Å². The molecule has 0 fully saturated rings. The molecule has 1 aliphatic heterocycles. The van der Waals surface area contributed by atoms with E-state index in [2.05, 4.69) is 15.5 Å². The standard InChI is InChI=1S/C21H18FN3O2/c1-21(16-8-4-2-6-14(16)12-13-27-21)20(26)23-19-11-10-18(24-25-19)15-7-3-5-9-17(15)22/h2-11H,12-13H2,1H3,(H,23,25,26). The Morgan fingerprint density at radius 1 is 1.07 bits per heavy atom. The third kappa shape index (κ3) is 3.19. The quantitative estimate of drug-likeness (QED) is 0.770. The topological polar surface area (TPSA) is 64.1 Å². The van der Waals surface area contributed by atoms with Crippen LogP contribution in [0.25, 0.3) is 11.3 Å². The molecular weight excluding hydrogens is 345 g/mol. The summed E-state index contributed by atoms with van der Waals surface area (Å²) in [6, 6.07) is 17.3. The van der Waals surface area contributed by atoms with Gasteiger partial charge in [0, 0.05) is 5.56 Å². The number of rotatable bonds is 3. The van der Waals surface area contributed by atoms with Crippen molar-refractivity contribution in [2.45, 2.75) is 18.9 Å². The molecule has 6 heteroatoms. The van der Waals surface area contributed by atoms with Gasteiger partial charge in [0.1, 0.15) is 5.82 Å². The summed E-state index contributed by atoms with van der Waals surface area (Å²) in [5.41, 5.74) is 1.61. The van der Waals surface area contributed by atoms with Gasteiger partial charge in [-0.3, -0.25) is 4.79 Å². The summed E-state index contributed by atoms with van der Waals surface area (Å²) in [6.45, 7) is 2.22. The fourth-order valence-electron chi connectivity index (χ4n) is 3.28. The first kappa shape index (κ1) is 17.3. The van der Waals surface area contributed by atoms with Gasteiger partial charge in [-0.25, -0.2) is 4.39 Å². The van der Waals surface area contributed by atoms with Gasteiger partial charge in [0.15, 0.2) is 11.4 Å². The molecule has 0 spiro atoms. The maximum atomic E-state index is 13.9. The van der Waals surface area contributed by atoms with Crippen LogP contribution in [0.3, 0.4) is 0 Å². The number of halogens is 1. The molecule has 2 aromatic carbocycles. The van der Waals surface area contributed by atoms with Gasteiger partial charge in [0.05, 0.1) is 12.3 Å². The number of benzene rings is 2. The van der Waals surface area contributed by atoms with E-state index in [0.717, 1.165) is 17.5 Å². The molecule has 4 rings (SSSR count). The zero-order chi connectivity index (χ0) is 18.9. The molecule has 0 bridgehead atoms. The molecule has 1 aliphatic rings. The van der Waals surface area contributed by atoms with Crippen molar-refractivity contribution in [3.05, 3.63) is 77.6 Å². The van der Waals surface area contributed by atoms with Gasteiger partial charge in [0.25, 0.3) is 5.91 Å². The zero-order valence-corrected chi connectivity index (χ0v) is 14.8. The maximum absolute atomic E-state index is 13.9. The number of anilines is 1. The Morgan fingerprint density at radius 3 is 2.63 bits per heavy atom. The third-order valence-corrected chi connectivity index (χ3v) is 4.78. The van der Waals surface area contributed by atoms with Crippen molar-refractivity contribution in [2.24, 2.45) is 0 Å². The molecule has 2 heterocycles. The van der Waals surface area contributed by atoms with Crippen molar-refractivity contribution in [3.63, 3.8) is 0 Å². The Bertz CT molecular complexity index is 991. The lowest BCUT2D eigenvalue weighted by Gasteiger charge is -2.34. The van der Waals surface area contributed by atoms with Crippen LogP contribution in [0.2, 0.25) is 0 Å². The smallest absolute Gasteiger partial charge is 0.262 e. The van der Waals surface area contributed by atoms with Crippen LogP contribution < -0.4 is 5.32 Å². The van der Waals surface area contributed by atoms with Crippen LogP contribution in [0.4, 0.5) is 10.2 Å². The summed E-state index contributed by atoms with van der Waals surface area (Å²) in [6.07, 6.45) is 0.774. The lowest BCUT2D eigenvalue weighted by molar-refractivity contribution is -0.142. The number of hydrogen-bond donors (Lipinski definition) is 1. The molecule has 0 aliphatic carbocycles. The molecule has 0 radical (unpaired) electrons. The monoisotopic (exact) mass is 363 g/mol. The number of fused-ring (bicyclic) bond motifs is 1. The number of aromatic nitrogens is 2. The Morgan fingerprint density at radius 2 is 1.85 bits per heavy atom. The Kier molecular flexibility index (Phi) is 4.41. The highest BCUT2D eigenvalue weighted by Crippen LogP contribution is 2.34. The van der Waals surface area contributed by atoms with E-state index in [9.17, 15) is 9.18 Å². The molecule has 136 valence electrons. The molecule has 1 N–H and O–H groups in total. The molecule has 0 saturated carbocycles. The number of carbonyl (C=O) groups excluding carboxylic acids is 1. The first-order chi connectivity index (χ1) is 13.1. The lowest BCUT2D eigenvalue weighted by atomic mass is 9.87. The van der Waals surface area contributed by atoms with Gasteiger partial charge in [-0.1, -0.05) is 36.4 Å². The number of nitrogens with one attached hydrogen (secondary N) is 1. The van der Waals surface area contributed by atoms with E-state index in [0.29, 0.717) is 17.9 Å². The van der Waals surface area contributed by atoms with E-state index in [4.69, 9.17) is 4.74 Å². The zero-order valence-electron chi connectivity index (χ0n) is 14.8. The summed E-state index contributed by atoms with van der Waals surface area (Å²) in [7, 11) is 0. The van der Waals surface area contributed by atoms with E-state index < -0.39 is 5.60 Å². The van der Waals surface area contributed by atoms with Crippen molar-refractivity contribution < 1.29 is 13.9 Å². The minimum Gasteiger partial charge on any atom is -0.360 e. The van der Waals surface area contributed by atoms with E-state index >= 15 is 0 Å². The summed E-state index contributed by atoms with van der Waals surface area (Å²) in [5, 5.41) is 10.8. The van der Waals surface area contributed by atoms with Gasteiger partial charge in [-0.05, 0) is 48.7 Å². The molecule has 1 aromatic heterocycles. The van der Waals surface area contributed by atoms with Crippen LogP contribution in [-0.2, 0) is 21.6 Å². The number of hydrogen-bond acceptors (Lipinski definition) is 4. The van der Waals surface area contributed by atoms with Crippen LogP contribution in [0.15, 0.2) is 60.7 Å². The second-order valence-corrected chi connectivity index (χ2v) is 6.53. The summed E-state index contributed by atoms with van der Waals surface area (Å²) < 4.78 is 19.7. The van der Waals surface area contributed by atoms with E-state index in [1.165, 1.54) is 6.07 Å². The Labute approximate surface area is 156 Å². The molecule has 3 aromatic rings. The van der Waals surface area contributed by atoms with Gasteiger partial charge in [0.2, 0.25) is 0 Å². The second kappa shape index (κ2) is 6.89. The third-order valence-electron chi connectivity index (χ3n) is 4.78. The molecule has 1 amide bonds. The molecule has 1 atom stereocenters. The predicted molar refractivity (Wildman–Crippen MR) is 99.5 cm³/mol.